The third-order valence-electron chi connectivity index (χ3n) is 9.51. The molecule has 3 fully saturated rings. The minimum Gasteiger partial charge on any atom is -0.478 e. The van der Waals surface area contributed by atoms with Gasteiger partial charge < -0.3 is 29.1 Å². The van der Waals surface area contributed by atoms with Gasteiger partial charge in [0.15, 0.2) is 5.60 Å². The van der Waals surface area contributed by atoms with Crippen molar-refractivity contribution >= 4 is 23.6 Å². The fraction of sp³-hybridized carbons (Fsp3) is 0.526. The van der Waals surface area contributed by atoms with Gasteiger partial charge in [-0.1, -0.05) is 24.3 Å². The minimum absolute atomic E-state index is 0.141. The van der Waals surface area contributed by atoms with E-state index in [1.807, 2.05) is 31.9 Å². The molecule has 1 aromatic heterocycles. The fourth-order valence-electron chi connectivity index (χ4n) is 6.76. The van der Waals surface area contributed by atoms with Crippen molar-refractivity contribution in [1.29, 1.82) is 0 Å². The number of nitrogens with zero attached hydrogens (tertiary/aromatic N) is 5. The Morgan fingerprint density at radius 2 is 1.62 bits per heavy atom. The van der Waals surface area contributed by atoms with Crippen LogP contribution in [-0.4, -0.2) is 99.3 Å². The van der Waals surface area contributed by atoms with Gasteiger partial charge in [-0.05, 0) is 77.5 Å². The van der Waals surface area contributed by atoms with Crippen molar-refractivity contribution in [2.75, 3.05) is 44.2 Å². The van der Waals surface area contributed by atoms with E-state index in [1.165, 1.54) is 12.1 Å². The molecular formula is C38H49FN6O5. The Kier molecular flexibility index (Phi) is 10.1. The summed E-state index contributed by atoms with van der Waals surface area (Å²) in [5, 5.41) is 6.87. The number of piperidine rings is 1. The fourth-order valence-corrected chi connectivity index (χ4v) is 6.76. The number of anilines is 1. The largest absolute Gasteiger partial charge is 0.478 e. The molecule has 268 valence electrons. The van der Waals surface area contributed by atoms with Crippen molar-refractivity contribution in [3.63, 3.8) is 0 Å². The van der Waals surface area contributed by atoms with Gasteiger partial charge in [-0.15, -0.1) is 0 Å². The van der Waals surface area contributed by atoms with Crippen molar-refractivity contribution in [1.82, 2.24) is 24.9 Å². The first-order valence-corrected chi connectivity index (χ1v) is 17.7. The van der Waals surface area contributed by atoms with E-state index in [1.54, 1.807) is 35.9 Å². The molecule has 11 nitrogen and oxygen atoms in total. The summed E-state index contributed by atoms with van der Waals surface area (Å²) in [7, 11) is 0. The Bertz CT molecular complexity index is 1660. The van der Waals surface area contributed by atoms with Gasteiger partial charge in [0, 0.05) is 81.4 Å². The number of ether oxygens (including phenoxy) is 2. The van der Waals surface area contributed by atoms with E-state index in [0.29, 0.717) is 51.5 Å². The smallest absolute Gasteiger partial charge is 0.410 e. The van der Waals surface area contributed by atoms with Gasteiger partial charge in [-0.25, -0.2) is 9.18 Å². The number of H-pyrrole nitrogens is 1. The van der Waals surface area contributed by atoms with Gasteiger partial charge in [0.25, 0.3) is 5.91 Å². The molecule has 1 saturated carbocycles. The molecule has 2 saturated heterocycles. The summed E-state index contributed by atoms with van der Waals surface area (Å²) in [6.07, 6.45) is 6.85. The van der Waals surface area contributed by atoms with Crippen molar-refractivity contribution in [2.24, 2.45) is 5.92 Å². The van der Waals surface area contributed by atoms with E-state index in [9.17, 15) is 14.4 Å². The summed E-state index contributed by atoms with van der Waals surface area (Å²) < 4.78 is 26.7. The van der Waals surface area contributed by atoms with Gasteiger partial charge in [0.05, 0.1) is 12.1 Å². The molecule has 6 rings (SSSR count). The summed E-state index contributed by atoms with van der Waals surface area (Å²) in [6, 6.07) is 13.0. The number of benzene rings is 2. The Balaban J connectivity index is 1.07. The number of halogens is 1. The molecule has 0 unspecified atom stereocenters. The lowest BCUT2D eigenvalue weighted by Crippen LogP contribution is -2.57. The maximum Gasteiger partial charge on any atom is 0.410 e. The second kappa shape index (κ2) is 14.3. The molecule has 3 aliphatic rings. The summed E-state index contributed by atoms with van der Waals surface area (Å²) in [5.74, 6) is -0.537. The highest BCUT2D eigenvalue weighted by molar-refractivity contribution is 5.85. The van der Waals surface area contributed by atoms with E-state index in [2.05, 4.69) is 39.4 Å². The molecule has 1 N–H and O–H groups in total. The predicted molar refractivity (Wildman–Crippen MR) is 188 cm³/mol. The second-order valence-corrected chi connectivity index (χ2v) is 15.2. The Labute approximate surface area is 293 Å². The standard InChI is InChI=1S/C38H49FN6O5/c1-37(2,3)50-36(48)43-17-15-42(16-18-43)35(47)38(4,5)49-33-20-30(39)19-32(21-33)44-14-6-7-28(25-44)34(46)45(31-12-13-31)24-26-8-10-27(11-9-26)29-22-40-41-23-29/h8-11,19-23,28,31H,6-7,12-18,24-25H2,1-5H3,(H,40,41)/t28-/m1/s1. The molecule has 3 aromatic rings. The first-order chi connectivity index (χ1) is 23.8. The molecule has 0 spiro atoms. The van der Waals surface area contributed by atoms with Crippen LogP contribution in [0.2, 0.25) is 0 Å². The molecule has 2 aromatic carbocycles. The van der Waals surface area contributed by atoms with Crippen LogP contribution < -0.4 is 9.64 Å². The highest BCUT2D eigenvalue weighted by Gasteiger charge is 2.39. The number of aromatic amines is 1. The van der Waals surface area contributed by atoms with Crippen LogP contribution in [0.25, 0.3) is 11.1 Å². The average Bonchev–Trinajstić information content (AvgIpc) is 3.77. The Morgan fingerprint density at radius 1 is 0.920 bits per heavy atom. The molecule has 2 aliphatic heterocycles. The summed E-state index contributed by atoms with van der Waals surface area (Å²) in [4.78, 5) is 47.4. The van der Waals surface area contributed by atoms with E-state index in [-0.39, 0.29) is 29.5 Å². The van der Waals surface area contributed by atoms with Crippen LogP contribution in [0.3, 0.4) is 0 Å². The predicted octanol–water partition coefficient (Wildman–Crippen LogP) is 5.86. The van der Waals surface area contributed by atoms with Crippen LogP contribution in [0.15, 0.2) is 54.9 Å². The number of piperazine rings is 1. The maximum absolute atomic E-state index is 15.1. The zero-order valence-corrected chi connectivity index (χ0v) is 29.8. The molecule has 0 radical (unpaired) electrons. The maximum atomic E-state index is 15.1. The number of hydrogen-bond donors (Lipinski definition) is 1. The molecule has 3 amide bonds. The Hall–Kier alpha value is -4.61. The molecule has 1 aliphatic carbocycles. The van der Waals surface area contributed by atoms with Crippen LogP contribution in [0.4, 0.5) is 14.9 Å². The van der Waals surface area contributed by atoms with Crippen molar-refractivity contribution < 1.29 is 28.2 Å². The molecule has 1 atom stereocenters. The number of nitrogens with one attached hydrogen (secondary N) is 1. The molecule has 3 heterocycles. The third-order valence-corrected chi connectivity index (χ3v) is 9.51. The number of hydrogen-bond acceptors (Lipinski definition) is 7. The van der Waals surface area contributed by atoms with E-state index < -0.39 is 23.1 Å². The van der Waals surface area contributed by atoms with E-state index in [0.717, 1.165) is 42.4 Å². The van der Waals surface area contributed by atoms with Crippen molar-refractivity contribution in [2.45, 2.75) is 84.1 Å². The third kappa shape index (κ3) is 8.57. The minimum atomic E-state index is -1.28. The van der Waals surface area contributed by atoms with E-state index >= 15 is 4.39 Å². The lowest BCUT2D eigenvalue weighted by molar-refractivity contribution is -0.147. The number of carbonyl (C=O) groups is 3. The topological polar surface area (TPSA) is 111 Å². The highest BCUT2D eigenvalue weighted by Crippen LogP contribution is 2.34. The number of rotatable bonds is 9. The number of aromatic nitrogens is 2. The SMILES string of the molecule is CC(C)(C)OC(=O)N1CCN(C(=O)C(C)(C)Oc2cc(F)cc(N3CCC[C@@H](C(=O)N(Cc4ccc(-c5cn[nH]c5)cc4)C4CC4)C3)c2)CC1. The highest BCUT2D eigenvalue weighted by atomic mass is 19.1. The molecule has 12 heteroatoms. The Morgan fingerprint density at radius 3 is 2.26 bits per heavy atom. The zero-order valence-electron chi connectivity index (χ0n) is 29.8. The number of amides is 3. The van der Waals surface area contributed by atoms with E-state index in [4.69, 9.17) is 9.47 Å². The lowest BCUT2D eigenvalue weighted by Gasteiger charge is -2.39. The summed E-state index contributed by atoms with van der Waals surface area (Å²) in [5.41, 5.74) is 1.92. The summed E-state index contributed by atoms with van der Waals surface area (Å²) in [6.45, 7) is 11.9. The van der Waals surface area contributed by atoms with Gasteiger partial charge in [0.2, 0.25) is 5.91 Å². The van der Waals surface area contributed by atoms with Gasteiger partial charge in [-0.3, -0.25) is 14.7 Å². The molecule has 50 heavy (non-hydrogen) atoms. The van der Waals surface area contributed by atoms with Crippen LogP contribution >= 0.6 is 0 Å². The lowest BCUT2D eigenvalue weighted by atomic mass is 9.95. The average molecular weight is 689 g/mol. The normalized spacial score (nSPS) is 18.5. The van der Waals surface area contributed by atoms with Crippen LogP contribution in [0.1, 0.15) is 65.9 Å². The monoisotopic (exact) mass is 688 g/mol. The molecule has 0 bridgehead atoms. The van der Waals surface area contributed by atoms with Crippen LogP contribution in [0, 0.1) is 11.7 Å². The zero-order chi connectivity index (χ0) is 35.6. The van der Waals surface area contributed by atoms with Gasteiger partial charge in [0.1, 0.15) is 17.2 Å². The van der Waals surface area contributed by atoms with Crippen molar-refractivity contribution in [3.8, 4) is 16.9 Å². The molecular weight excluding hydrogens is 639 g/mol. The quantitative estimate of drug-likeness (QED) is 0.300. The van der Waals surface area contributed by atoms with Crippen LogP contribution in [0.5, 0.6) is 5.75 Å². The summed E-state index contributed by atoms with van der Waals surface area (Å²) >= 11 is 0. The van der Waals surface area contributed by atoms with Crippen molar-refractivity contribution in [3.05, 3.63) is 66.2 Å². The second-order valence-electron chi connectivity index (χ2n) is 15.2. The first-order valence-electron chi connectivity index (χ1n) is 17.7. The van der Waals surface area contributed by atoms with Gasteiger partial charge in [-0.2, -0.15) is 5.10 Å². The van der Waals surface area contributed by atoms with Gasteiger partial charge >= 0.3 is 6.09 Å². The number of carbonyl (C=O) groups excluding carboxylic acids is 3. The van der Waals surface area contributed by atoms with Crippen LogP contribution in [-0.2, 0) is 20.9 Å². The first kappa shape index (κ1) is 35.2.